The first-order chi connectivity index (χ1) is 11.3. The van der Waals surface area contributed by atoms with Gasteiger partial charge in [-0.2, -0.15) is 0 Å². The number of hydrogen-bond acceptors (Lipinski definition) is 4. The molecule has 0 radical (unpaired) electrons. The highest BCUT2D eigenvalue weighted by molar-refractivity contribution is 5.89. The second kappa shape index (κ2) is 7.51. The quantitative estimate of drug-likeness (QED) is 0.789. The van der Waals surface area contributed by atoms with Crippen molar-refractivity contribution in [1.29, 1.82) is 0 Å². The molecule has 5 nitrogen and oxygen atoms in total. The van der Waals surface area contributed by atoms with E-state index in [1.54, 1.807) is 17.0 Å². The summed E-state index contributed by atoms with van der Waals surface area (Å²) in [6.45, 7) is 6.32. The van der Waals surface area contributed by atoms with Crippen LogP contribution in [0.2, 0.25) is 0 Å². The summed E-state index contributed by atoms with van der Waals surface area (Å²) in [5.41, 5.74) is 1.00. The lowest BCUT2D eigenvalue weighted by Gasteiger charge is -2.27. The van der Waals surface area contributed by atoms with Crippen LogP contribution < -0.4 is 0 Å². The number of likely N-dealkylation sites (tertiary alicyclic amines) is 1. The van der Waals surface area contributed by atoms with E-state index in [2.05, 4.69) is 4.74 Å². The Morgan fingerprint density at radius 1 is 1.21 bits per heavy atom. The Bertz CT molecular complexity index is 613. The molecule has 5 heteroatoms. The van der Waals surface area contributed by atoms with Gasteiger partial charge in [0, 0.05) is 6.54 Å². The fraction of sp³-hybridized carbons (Fsp3) is 0.474. The van der Waals surface area contributed by atoms with E-state index >= 15 is 0 Å². The molecular weight excluding hydrogens is 306 g/mol. The zero-order chi connectivity index (χ0) is 17.7. The number of ether oxygens (including phenoxy) is 2. The van der Waals surface area contributed by atoms with Crippen LogP contribution >= 0.6 is 0 Å². The molecule has 1 aromatic rings. The van der Waals surface area contributed by atoms with Crippen molar-refractivity contribution in [3.8, 4) is 0 Å². The first-order valence-corrected chi connectivity index (χ1v) is 8.16. The number of amides is 1. The molecule has 2 rings (SSSR count). The van der Waals surface area contributed by atoms with E-state index < -0.39 is 5.60 Å². The Morgan fingerprint density at radius 3 is 2.46 bits per heavy atom. The summed E-state index contributed by atoms with van der Waals surface area (Å²) in [5.74, 6) is -0.350. The van der Waals surface area contributed by atoms with E-state index in [0.717, 1.165) is 18.4 Å². The van der Waals surface area contributed by atoms with Gasteiger partial charge in [-0.25, -0.2) is 9.59 Å². The summed E-state index contributed by atoms with van der Waals surface area (Å²) in [6, 6.07) is 7.21. The van der Waals surface area contributed by atoms with E-state index in [1.807, 2.05) is 45.1 Å². The third-order valence-corrected chi connectivity index (χ3v) is 3.77. The number of carbonyl (C=O) groups is 2. The molecule has 0 spiro atoms. The molecule has 1 aliphatic rings. The van der Waals surface area contributed by atoms with Crippen LogP contribution in [0.5, 0.6) is 0 Å². The van der Waals surface area contributed by atoms with Crippen LogP contribution in [-0.4, -0.2) is 42.3 Å². The number of nitrogens with zero attached hydrogens (tertiary/aromatic N) is 1. The van der Waals surface area contributed by atoms with Gasteiger partial charge in [0.05, 0.1) is 18.7 Å². The average molecular weight is 331 g/mol. The predicted molar refractivity (Wildman–Crippen MR) is 92.8 cm³/mol. The minimum atomic E-state index is -0.488. The molecule has 1 fully saturated rings. The molecular formula is C19H25NO4. The Labute approximate surface area is 143 Å². The first-order valence-electron chi connectivity index (χ1n) is 8.16. The molecule has 1 saturated heterocycles. The van der Waals surface area contributed by atoms with Crippen molar-refractivity contribution in [1.82, 2.24) is 4.90 Å². The lowest BCUT2D eigenvalue weighted by atomic mass is 10.1. The molecule has 1 heterocycles. The Morgan fingerprint density at radius 2 is 1.88 bits per heavy atom. The highest BCUT2D eigenvalue weighted by Crippen LogP contribution is 2.22. The van der Waals surface area contributed by atoms with Crippen LogP contribution in [0, 0.1) is 0 Å². The summed E-state index contributed by atoms with van der Waals surface area (Å²) in [7, 11) is 1.36. The van der Waals surface area contributed by atoms with Gasteiger partial charge < -0.3 is 14.4 Å². The highest BCUT2D eigenvalue weighted by Gasteiger charge is 2.30. The van der Waals surface area contributed by atoms with Crippen molar-refractivity contribution in [3.63, 3.8) is 0 Å². The Balaban J connectivity index is 2.02. The summed E-state index contributed by atoms with van der Waals surface area (Å²) in [4.78, 5) is 25.4. The van der Waals surface area contributed by atoms with Crippen molar-refractivity contribution >= 4 is 18.1 Å². The monoisotopic (exact) mass is 331 g/mol. The molecule has 0 aromatic heterocycles. The number of esters is 1. The van der Waals surface area contributed by atoms with E-state index in [1.165, 1.54) is 7.11 Å². The fourth-order valence-corrected chi connectivity index (χ4v) is 2.61. The molecule has 0 saturated carbocycles. The van der Waals surface area contributed by atoms with Gasteiger partial charge in [0.15, 0.2) is 0 Å². The molecule has 1 aromatic carbocycles. The minimum absolute atomic E-state index is 0.0418. The second-order valence-electron chi connectivity index (χ2n) is 6.86. The zero-order valence-electron chi connectivity index (χ0n) is 14.7. The SMILES string of the molecule is COC(=O)c1ccc(C=CC2CCCN2C(=O)OC(C)(C)C)cc1. The standard InChI is InChI=1S/C19H25NO4/c1-19(2,3)24-18(22)20-13-5-6-16(20)12-9-14-7-10-15(11-8-14)17(21)23-4/h7-12,16H,5-6,13H2,1-4H3. The topological polar surface area (TPSA) is 55.8 Å². The maximum atomic E-state index is 12.3. The summed E-state index contributed by atoms with van der Waals surface area (Å²) >= 11 is 0. The van der Waals surface area contributed by atoms with Gasteiger partial charge in [-0.3, -0.25) is 0 Å². The summed E-state index contributed by atoms with van der Waals surface area (Å²) < 4.78 is 10.1. The van der Waals surface area contributed by atoms with E-state index in [-0.39, 0.29) is 18.1 Å². The van der Waals surface area contributed by atoms with Gasteiger partial charge in [-0.05, 0) is 51.3 Å². The van der Waals surface area contributed by atoms with Crippen LogP contribution in [0.4, 0.5) is 4.79 Å². The number of carbonyl (C=O) groups excluding carboxylic acids is 2. The van der Waals surface area contributed by atoms with E-state index in [0.29, 0.717) is 12.1 Å². The molecule has 1 atom stereocenters. The fourth-order valence-electron chi connectivity index (χ4n) is 2.61. The Hall–Kier alpha value is -2.30. The predicted octanol–water partition coefficient (Wildman–Crippen LogP) is 3.89. The maximum Gasteiger partial charge on any atom is 0.410 e. The molecule has 24 heavy (non-hydrogen) atoms. The third-order valence-electron chi connectivity index (χ3n) is 3.77. The van der Waals surface area contributed by atoms with E-state index in [9.17, 15) is 9.59 Å². The van der Waals surface area contributed by atoms with Gasteiger partial charge in [-0.15, -0.1) is 0 Å². The molecule has 0 bridgehead atoms. The zero-order valence-corrected chi connectivity index (χ0v) is 14.7. The van der Waals surface area contributed by atoms with Crippen molar-refractivity contribution < 1.29 is 19.1 Å². The molecule has 130 valence electrons. The normalized spacial score (nSPS) is 18.0. The molecule has 0 N–H and O–H groups in total. The van der Waals surface area contributed by atoms with Crippen LogP contribution in [0.25, 0.3) is 6.08 Å². The third kappa shape index (κ3) is 4.85. The lowest BCUT2D eigenvalue weighted by molar-refractivity contribution is 0.0256. The van der Waals surface area contributed by atoms with E-state index in [4.69, 9.17) is 4.74 Å². The van der Waals surface area contributed by atoms with Crippen molar-refractivity contribution in [2.45, 2.75) is 45.3 Å². The first kappa shape index (κ1) is 18.0. The summed E-state index contributed by atoms with van der Waals surface area (Å²) in [6.07, 6.45) is 5.61. The molecule has 0 aliphatic carbocycles. The lowest BCUT2D eigenvalue weighted by Crippen LogP contribution is -2.39. The smallest absolute Gasteiger partial charge is 0.410 e. The van der Waals surface area contributed by atoms with Crippen molar-refractivity contribution in [2.75, 3.05) is 13.7 Å². The second-order valence-corrected chi connectivity index (χ2v) is 6.86. The number of hydrogen-bond donors (Lipinski definition) is 0. The Kier molecular flexibility index (Phi) is 5.65. The average Bonchev–Trinajstić information content (AvgIpc) is 2.99. The summed E-state index contributed by atoms with van der Waals surface area (Å²) in [5, 5.41) is 0. The number of benzene rings is 1. The molecule has 1 amide bonds. The van der Waals surface area contributed by atoms with Gasteiger partial charge in [0.2, 0.25) is 0 Å². The van der Waals surface area contributed by atoms with Crippen LogP contribution in [0.15, 0.2) is 30.3 Å². The highest BCUT2D eigenvalue weighted by atomic mass is 16.6. The van der Waals surface area contributed by atoms with Crippen molar-refractivity contribution in [3.05, 3.63) is 41.5 Å². The molecule has 1 aliphatic heterocycles. The van der Waals surface area contributed by atoms with Gasteiger partial charge in [-0.1, -0.05) is 24.3 Å². The van der Waals surface area contributed by atoms with Gasteiger partial charge >= 0.3 is 12.1 Å². The number of rotatable bonds is 3. The largest absolute Gasteiger partial charge is 0.465 e. The maximum absolute atomic E-state index is 12.3. The number of methoxy groups -OCH3 is 1. The van der Waals surface area contributed by atoms with Crippen LogP contribution in [0.3, 0.4) is 0 Å². The van der Waals surface area contributed by atoms with Crippen LogP contribution in [0.1, 0.15) is 49.5 Å². The van der Waals surface area contributed by atoms with Gasteiger partial charge in [0.25, 0.3) is 0 Å². The van der Waals surface area contributed by atoms with Crippen LogP contribution in [-0.2, 0) is 9.47 Å². The van der Waals surface area contributed by atoms with Gasteiger partial charge in [0.1, 0.15) is 5.60 Å². The minimum Gasteiger partial charge on any atom is -0.465 e. The molecule has 1 unspecified atom stereocenters. The van der Waals surface area contributed by atoms with Crippen molar-refractivity contribution in [2.24, 2.45) is 0 Å².